The Labute approximate surface area is 198 Å². The fourth-order valence-electron chi connectivity index (χ4n) is 5.01. The largest absolute Gasteiger partial charge is 0.492 e. The third-order valence-electron chi connectivity index (χ3n) is 6.36. The first-order valence-electron chi connectivity index (χ1n) is 11.5. The third-order valence-corrected chi connectivity index (χ3v) is 6.36. The highest BCUT2D eigenvalue weighted by Gasteiger charge is 2.59. The SMILES string of the molecule is CCOc1cc(-c2ccc(C34CNCC(C3)N4C(=O)OC(C)(C)C)nc2)c2c(C#N)cnn2c1. The maximum Gasteiger partial charge on any atom is 0.411 e. The average Bonchev–Trinajstić information content (AvgIpc) is 3.21. The minimum atomic E-state index is -0.562. The molecule has 3 saturated heterocycles. The van der Waals surface area contributed by atoms with E-state index in [1.165, 1.54) is 0 Å². The van der Waals surface area contributed by atoms with Crippen molar-refractivity contribution in [3.05, 3.63) is 48.0 Å². The molecular weight excluding hydrogens is 432 g/mol. The molecule has 9 nitrogen and oxygen atoms in total. The number of amides is 1. The molecule has 3 aliphatic heterocycles. The molecule has 1 amide bonds. The molecule has 6 heterocycles. The van der Waals surface area contributed by atoms with Crippen molar-refractivity contribution in [2.45, 2.75) is 51.3 Å². The van der Waals surface area contributed by atoms with Crippen LogP contribution in [0, 0.1) is 11.3 Å². The van der Waals surface area contributed by atoms with Crippen LogP contribution in [0.5, 0.6) is 5.75 Å². The number of hydrogen-bond acceptors (Lipinski definition) is 7. The van der Waals surface area contributed by atoms with Crippen LogP contribution in [0.3, 0.4) is 0 Å². The van der Waals surface area contributed by atoms with Gasteiger partial charge in [0.2, 0.25) is 0 Å². The van der Waals surface area contributed by atoms with Crippen LogP contribution >= 0.6 is 0 Å². The van der Waals surface area contributed by atoms with Gasteiger partial charge in [-0.2, -0.15) is 10.4 Å². The lowest BCUT2D eigenvalue weighted by atomic mass is 9.72. The summed E-state index contributed by atoms with van der Waals surface area (Å²) in [5.74, 6) is 0.662. The van der Waals surface area contributed by atoms with E-state index < -0.39 is 11.1 Å². The van der Waals surface area contributed by atoms with E-state index >= 15 is 0 Å². The number of carbonyl (C=O) groups is 1. The van der Waals surface area contributed by atoms with E-state index in [1.807, 2.05) is 50.8 Å². The van der Waals surface area contributed by atoms with Gasteiger partial charge in [0.05, 0.1) is 41.8 Å². The van der Waals surface area contributed by atoms with Crippen molar-refractivity contribution in [3.8, 4) is 22.9 Å². The maximum atomic E-state index is 13.0. The number of carbonyl (C=O) groups excluding carboxylic acids is 1. The van der Waals surface area contributed by atoms with Crippen molar-refractivity contribution in [3.63, 3.8) is 0 Å². The highest BCUT2D eigenvalue weighted by Crippen LogP contribution is 2.47. The molecule has 0 saturated carbocycles. The highest BCUT2D eigenvalue weighted by atomic mass is 16.6. The first-order valence-corrected chi connectivity index (χ1v) is 11.5. The van der Waals surface area contributed by atoms with Crippen LogP contribution in [0.4, 0.5) is 4.79 Å². The fraction of sp³-hybridized carbons (Fsp3) is 0.440. The molecule has 34 heavy (non-hydrogen) atoms. The standard InChI is InChI=1S/C25H28N6O3/c1-5-33-19-8-20(22-17(10-26)12-29-30(22)14-19)16-6-7-21(28-11-16)25-9-18(13-27-15-25)31(25)23(32)34-24(2,3)4/h6-8,11-12,14,18,27H,5,9,13,15H2,1-4H3. The summed E-state index contributed by atoms with van der Waals surface area (Å²) in [4.78, 5) is 19.6. The van der Waals surface area contributed by atoms with Crippen molar-refractivity contribution in [1.82, 2.24) is 24.8 Å². The molecule has 3 fully saturated rings. The lowest BCUT2D eigenvalue weighted by Gasteiger charge is -2.61. The lowest BCUT2D eigenvalue weighted by molar-refractivity contribution is -0.105. The van der Waals surface area contributed by atoms with Crippen molar-refractivity contribution in [1.29, 1.82) is 5.26 Å². The van der Waals surface area contributed by atoms with E-state index in [2.05, 4.69) is 16.5 Å². The van der Waals surface area contributed by atoms with Gasteiger partial charge in [-0.25, -0.2) is 9.31 Å². The van der Waals surface area contributed by atoms with E-state index in [0.717, 1.165) is 29.8 Å². The number of piperazine rings is 1. The summed E-state index contributed by atoms with van der Waals surface area (Å²) < 4.78 is 13.1. The average molecular weight is 461 g/mol. The molecule has 3 aliphatic rings. The number of aromatic nitrogens is 3. The smallest absolute Gasteiger partial charge is 0.411 e. The number of nitrogens with one attached hydrogen (secondary N) is 1. The summed E-state index contributed by atoms with van der Waals surface area (Å²) in [5.41, 5.74) is 2.57. The van der Waals surface area contributed by atoms with E-state index in [0.29, 0.717) is 30.0 Å². The molecule has 0 spiro atoms. The minimum absolute atomic E-state index is 0.0950. The van der Waals surface area contributed by atoms with Crippen LogP contribution in [0.15, 0.2) is 36.8 Å². The summed E-state index contributed by atoms with van der Waals surface area (Å²) in [7, 11) is 0. The lowest BCUT2D eigenvalue weighted by Crippen LogP contribution is -2.76. The van der Waals surface area contributed by atoms with Crippen LogP contribution in [-0.4, -0.2) is 56.9 Å². The number of fused-ring (bicyclic) bond motifs is 3. The van der Waals surface area contributed by atoms with Gasteiger partial charge < -0.3 is 14.8 Å². The molecule has 0 aliphatic carbocycles. The van der Waals surface area contributed by atoms with Gasteiger partial charge in [0, 0.05) is 30.4 Å². The molecular formula is C25H28N6O3. The molecule has 176 valence electrons. The number of ether oxygens (including phenoxy) is 2. The first-order chi connectivity index (χ1) is 16.3. The molecule has 6 rings (SSSR count). The number of nitriles is 1. The Bertz CT molecular complexity index is 1280. The van der Waals surface area contributed by atoms with Crippen LogP contribution in [0.1, 0.15) is 45.4 Å². The summed E-state index contributed by atoms with van der Waals surface area (Å²) >= 11 is 0. The van der Waals surface area contributed by atoms with Crippen molar-refractivity contribution in [2.75, 3.05) is 19.7 Å². The zero-order valence-corrected chi connectivity index (χ0v) is 19.8. The van der Waals surface area contributed by atoms with Gasteiger partial charge >= 0.3 is 6.09 Å². The maximum absolute atomic E-state index is 13.0. The Morgan fingerprint density at radius 2 is 2.18 bits per heavy atom. The number of pyridine rings is 2. The normalized spacial score (nSPS) is 21.6. The monoisotopic (exact) mass is 460 g/mol. The quantitative estimate of drug-likeness (QED) is 0.636. The van der Waals surface area contributed by atoms with Crippen molar-refractivity contribution in [2.24, 2.45) is 0 Å². The van der Waals surface area contributed by atoms with Crippen LogP contribution in [0.25, 0.3) is 16.6 Å². The molecule has 0 aromatic carbocycles. The summed E-state index contributed by atoms with van der Waals surface area (Å²) in [5, 5.41) is 17.3. The molecule has 2 unspecified atom stereocenters. The second-order valence-corrected chi connectivity index (χ2v) is 9.79. The molecule has 1 N–H and O–H groups in total. The van der Waals surface area contributed by atoms with Crippen LogP contribution in [-0.2, 0) is 10.3 Å². The Kier molecular flexibility index (Phi) is 5.21. The predicted octanol–water partition coefficient (Wildman–Crippen LogP) is 3.47. The summed E-state index contributed by atoms with van der Waals surface area (Å²) in [6, 6.07) is 8.15. The zero-order valence-electron chi connectivity index (χ0n) is 19.8. The summed E-state index contributed by atoms with van der Waals surface area (Å²) in [6.07, 6.45) is 5.65. The topological polar surface area (TPSA) is 105 Å². The Balaban J connectivity index is 1.52. The van der Waals surface area contributed by atoms with E-state index in [1.54, 1.807) is 23.1 Å². The second-order valence-electron chi connectivity index (χ2n) is 9.79. The van der Waals surface area contributed by atoms with Crippen molar-refractivity contribution < 1.29 is 14.3 Å². The molecule has 9 heteroatoms. The Morgan fingerprint density at radius 3 is 2.82 bits per heavy atom. The molecule has 2 bridgehead atoms. The van der Waals surface area contributed by atoms with E-state index in [-0.39, 0.29) is 12.1 Å². The van der Waals surface area contributed by atoms with Gasteiger partial charge in [-0.3, -0.25) is 9.88 Å². The van der Waals surface area contributed by atoms with E-state index in [9.17, 15) is 10.1 Å². The van der Waals surface area contributed by atoms with Gasteiger partial charge in [0.15, 0.2) is 0 Å². The summed E-state index contributed by atoms with van der Waals surface area (Å²) in [6.45, 7) is 9.44. The zero-order chi connectivity index (χ0) is 24.1. The van der Waals surface area contributed by atoms with Gasteiger partial charge in [-0.05, 0) is 46.2 Å². The van der Waals surface area contributed by atoms with Gasteiger partial charge in [-0.15, -0.1) is 0 Å². The number of piperidine rings is 1. The predicted molar refractivity (Wildman–Crippen MR) is 125 cm³/mol. The van der Waals surface area contributed by atoms with Gasteiger partial charge in [0.25, 0.3) is 0 Å². The number of nitrogens with zero attached hydrogens (tertiary/aromatic N) is 5. The third kappa shape index (κ3) is 3.55. The highest BCUT2D eigenvalue weighted by molar-refractivity contribution is 5.85. The molecule has 0 radical (unpaired) electrons. The van der Waals surface area contributed by atoms with Crippen LogP contribution < -0.4 is 10.1 Å². The molecule has 3 aromatic heterocycles. The van der Waals surface area contributed by atoms with Gasteiger partial charge in [0.1, 0.15) is 23.0 Å². The van der Waals surface area contributed by atoms with Crippen molar-refractivity contribution >= 4 is 11.6 Å². The van der Waals surface area contributed by atoms with Crippen LogP contribution in [0.2, 0.25) is 0 Å². The minimum Gasteiger partial charge on any atom is -0.492 e. The molecule has 2 atom stereocenters. The number of hydrogen-bond donors (Lipinski definition) is 1. The first kappa shape index (κ1) is 22.2. The van der Waals surface area contributed by atoms with E-state index in [4.69, 9.17) is 14.5 Å². The number of rotatable bonds is 4. The fourth-order valence-corrected chi connectivity index (χ4v) is 5.01. The Hall–Kier alpha value is -3.64. The second kappa shape index (κ2) is 7.99. The van der Waals surface area contributed by atoms with Gasteiger partial charge in [-0.1, -0.05) is 6.07 Å². The Morgan fingerprint density at radius 1 is 1.35 bits per heavy atom. The molecule has 3 aromatic rings.